The van der Waals surface area contributed by atoms with Gasteiger partial charge in [-0.15, -0.1) is 0 Å². The normalized spacial score (nSPS) is 18.9. The molecular weight excluding hydrogens is 427 g/mol. The highest BCUT2D eigenvalue weighted by Crippen LogP contribution is 2.39. The summed E-state index contributed by atoms with van der Waals surface area (Å²) >= 11 is 3.33. The number of benzene rings is 2. The van der Waals surface area contributed by atoms with Gasteiger partial charge in [-0.2, -0.15) is 0 Å². The lowest BCUT2D eigenvalue weighted by Gasteiger charge is -2.26. The highest BCUT2D eigenvalue weighted by molar-refractivity contribution is 9.10. The molecular formula is C21H20BrFN2O3. The Morgan fingerprint density at radius 3 is 2.29 bits per heavy atom. The van der Waals surface area contributed by atoms with Crippen molar-refractivity contribution in [2.24, 2.45) is 0 Å². The first-order chi connectivity index (χ1) is 13.3. The fourth-order valence-electron chi connectivity index (χ4n) is 3.17. The minimum absolute atomic E-state index is 0.0117. The molecule has 1 aliphatic heterocycles. The second-order valence-electron chi connectivity index (χ2n) is 6.85. The van der Waals surface area contributed by atoms with Crippen LogP contribution in [0.25, 0.3) is 5.76 Å². The highest BCUT2D eigenvalue weighted by atomic mass is 79.9. The number of aliphatic hydroxyl groups is 1. The van der Waals surface area contributed by atoms with Gasteiger partial charge in [0.25, 0.3) is 11.7 Å². The molecule has 1 heterocycles. The Kier molecular flexibility index (Phi) is 5.96. The first-order valence-corrected chi connectivity index (χ1v) is 9.53. The lowest BCUT2D eigenvalue weighted by molar-refractivity contribution is -0.140. The number of hydrogen-bond donors (Lipinski definition) is 1. The minimum atomic E-state index is -0.774. The van der Waals surface area contributed by atoms with Gasteiger partial charge < -0.3 is 14.9 Å². The second-order valence-corrected chi connectivity index (χ2v) is 7.77. The van der Waals surface area contributed by atoms with Crippen molar-refractivity contribution in [2.75, 3.05) is 27.2 Å². The van der Waals surface area contributed by atoms with Crippen LogP contribution in [0.15, 0.2) is 58.6 Å². The third-order valence-corrected chi connectivity index (χ3v) is 5.16. The van der Waals surface area contributed by atoms with E-state index >= 15 is 0 Å². The van der Waals surface area contributed by atoms with E-state index in [4.69, 9.17) is 0 Å². The van der Waals surface area contributed by atoms with Crippen LogP contribution in [0.2, 0.25) is 0 Å². The van der Waals surface area contributed by atoms with E-state index in [0.29, 0.717) is 24.2 Å². The monoisotopic (exact) mass is 446 g/mol. The molecule has 0 radical (unpaired) electrons. The Balaban J connectivity index is 2.13. The van der Waals surface area contributed by atoms with Crippen molar-refractivity contribution in [3.63, 3.8) is 0 Å². The number of likely N-dealkylation sites (tertiary alicyclic amines) is 1. The van der Waals surface area contributed by atoms with E-state index in [-0.39, 0.29) is 11.3 Å². The summed E-state index contributed by atoms with van der Waals surface area (Å²) in [6.45, 7) is 0.847. The van der Waals surface area contributed by atoms with E-state index < -0.39 is 23.5 Å². The summed E-state index contributed by atoms with van der Waals surface area (Å²) in [7, 11) is 3.73. The topological polar surface area (TPSA) is 60.9 Å². The largest absolute Gasteiger partial charge is 0.507 e. The third-order valence-electron chi connectivity index (χ3n) is 4.63. The van der Waals surface area contributed by atoms with Gasteiger partial charge in [-0.05, 0) is 43.9 Å². The Morgan fingerprint density at radius 2 is 1.71 bits per heavy atom. The molecule has 5 nitrogen and oxygen atoms in total. The molecule has 2 aromatic carbocycles. The van der Waals surface area contributed by atoms with Gasteiger partial charge in [0.15, 0.2) is 0 Å². The lowest BCUT2D eigenvalue weighted by atomic mass is 9.95. The molecule has 1 unspecified atom stereocenters. The number of likely N-dealkylation sites (N-methyl/N-ethyl adjacent to an activating group) is 1. The SMILES string of the molecule is CN(C)CCN1C(=O)C(=O)/C(=C(\O)c2ccc(Br)cc2)C1c1ccc(F)cc1. The maximum atomic E-state index is 13.4. The van der Waals surface area contributed by atoms with Crippen molar-refractivity contribution in [1.29, 1.82) is 0 Å². The quantitative estimate of drug-likeness (QED) is 0.433. The Labute approximate surface area is 171 Å². The van der Waals surface area contributed by atoms with E-state index in [0.717, 1.165) is 4.47 Å². The molecule has 3 rings (SSSR count). The summed E-state index contributed by atoms with van der Waals surface area (Å²) in [6.07, 6.45) is 0. The minimum Gasteiger partial charge on any atom is -0.507 e. The zero-order valence-corrected chi connectivity index (χ0v) is 17.1. The zero-order valence-electron chi connectivity index (χ0n) is 15.5. The van der Waals surface area contributed by atoms with E-state index in [1.807, 2.05) is 19.0 Å². The Morgan fingerprint density at radius 1 is 1.11 bits per heavy atom. The van der Waals surface area contributed by atoms with Gasteiger partial charge >= 0.3 is 0 Å². The molecule has 1 aliphatic rings. The average molecular weight is 447 g/mol. The van der Waals surface area contributed by atoms with Crippen molar-refractivity contribution < 1.29 is 19.1 Å². The van der Waals surface area contributed by atoms with Crippen LogP contribution in [0.5, 0.6) is 0 Å². The molecule has 2 aromatic rings. The fourth-order valence-corrected chi connectivity index (χ4v) is 3.44. The zero-order chi connectivity index (χ0) is 20.4. The third kappa shape index (κ3) is 4.00. The van der Waals surface area contributed by atoms with Crippen LogP contribution in [0.1, 0.15) is 17.2 Å². The molecule has 0 bridgehead atoms. The first-order valence-electron chi connectivity index (χ1n) is 8.74. The molecule has 1 fully saturated rings. The molecule has 0 saturated carbocycles. The van der Waals surface area contributed by atoms with Crippen molar-refractivity contribution in [3.8, 4) is 0 Å². The van der Waals surface area contributed by atoms with E-state index in [1.165, 1.54) is 29.2 Å². The number of aliphatic hydroxyl groups excluding tert-OH is 1. The number of rotatable bonds is 5. The maximum Gasteiger partial charge on any atom is 0.295 e. The number of ketones is 1. The maximum absolute atomic E-state index is 13.4. The summed E-state index contributed by atoms with van der Waals surface area (Å²) in [5, 5.41) is 10.9. The molecule has 1 amide bonds. The number of carbonyl (C=O) groups excluding carboxylic acids is 2. The summed E-state index contributed by atoms with van der Waals surface area (Å²) in [6, 6.07) is 11.6. The number of hydrogen-bond acceptors (Lipinski definition) is 4. The molecule has 0 aromatic heterocycles. The van der Waals surface area contributed by atoms with Crippen molar-refractivity contribution in [3.05, 3.63) is 75.5 Å². The molecule has 0 spiro atoms. The van der Waals surface area contributed by atoms with Gasteiger partial charge in [-0.3, -0.25) is 9.59 Å². The molecule has 146 valence electrons. The molecule has 28 heavy (non-hydrogen) atoms. The molecule has 1 atom stereocenters. The molecule has 1 saturated heterocycles. The van der Waals surface area contributed by atoms with Crippen LogP contribution in [0, 0.1) is 5.82 Å². The molecule has 0 aliphatic carbocycles. The van der Waals surface area contributed by atoms with Crippen molar-refractivity contribution in [2.45, 2.75) is 6.04 Å². The van der Waals surface area contributed by atoms with Gasteiger partial charge in [0.05, 0.1) is 11.6 Å². The van der Waals surface area contributed by atoms with Gasteiger partial charge in [-0.25, -0.2) is 4.39 Å². The number of nitrogens with zero attached hydrogens (tertiary/aromatic N) is 2. The Hall–Kier alpha value is -2.51. The van der Waals surface area contributed by atoms with Gasteiger partial charge in [0.2, 0.25) is 0 Å². The van der Waals surface area contributed by atoms with Crippen LogP contribution < -0.4 is 0 Å². The summed E-state index contributed by atoms with van der Waals surface area (Å²) < 4.78 is 14.2. The first kappa shape index (κ1) is 20.2. The fraction of sp³-hybridized carbons (Fsp3) is 0.238. The Bertz CT molecular complexity index is 924. The second kappa shape index (κ2) is 8.24. The average Bonchev–Trinajstić information content (AvgIpc) is 2.91. The van der Waals surface area contributed by atoms with E-state index in [1.54, 1.807) is 24.3 Å². The summed E-state index contributed by atoms with van der Waals surface area (Å²) in [4.78, 5) is 28.8. The smallest absolute Gasteiger partial charge is 0.295 e. The van der Waals surface area contributed by atoms with Crippen LogP contribution in [-0.4, -0.2) is 53.8 Å². The predicted molar refractivity (Wildman–Crippen MR) is 108 cm³/mol. The highest BCUT2D eigenvalue weighted by Gasteiger charge is 2.45. The lowest BCUT2D eigenvalue weighted by Crippen LogP contribution is -2.35. The summed E-state index contributed by atoms with van der Waals surface area (Å²) in [5.41, 5.74) is 1.01. The van der Waals surface area contributed by atoms with Crippen LogP contribution >= 0.6 is 15.9 Å². The van der Waals surface area contributed by atoms with Gasteiger partial charge in [0.1, 0.15) is 11.6 Å². The van der Waals surface area contributed by atoms with Gasteiger partial charge in [-0.1, -0.05) is 40.2 Å². The summed E-state index contributed by atoms with van der Waals surface area (Å²) in [5.74, 6) is -2.07. The molecule has 1 N–H and O–H groups in total. The molecule has 7 heteroatoms. The van der Waals surface area contributed by atoms with Gasteiger partial charge in [0, 0.05) is 23.1 Å². The number of Topliss-reactive ketones (excluding diaryl/α,β-unsaturated/α-hetero) is 1. The van der Waals surface area contributed by atoms with E-state index in [2.05, 4.69) is 15.9 Å². The van der Waals surface area contributed by atoms with Crippen LogP contribution in [-0.2, 0) is 9.59 Å². The standard InChI is InChI=1S/C21H20BrFN2O3/c1-24(2)11-12-25-18(13-5-9-16(23)10-6-13)17(20(27)21(25)28)19(26)14-3-7-15(22)8-4-14/h3-10,18,26H,11-12H2,1-2H3/b19-17-. The number of amides is 1. The number of carbonyl (C=O) groups is 2. The number of halogens is 2. The van der Waals surface area contributed by atoms with Crippen LogP contribution in [0.4, 0.5) is 4.39 Å². The predicted octanol–water partition coefficient (Wildman–Crippen LogP) is 3.57. The van der Waals surface area contributed by atoms with Crippen molar-refractivity contribution in [1.82, 2.24) is 9.80 Å². The van der Waals surface area contributed by atoms with Crippen LogP contribution in [0.3, 0.4) is 0 Å². The van der Waals surface area contributed by atoms with Crippen molar-refractivity contribution >= 4 is 33.4 Å². The van der Waals surface area contributed by atoms with E-state index in [9.17, 15) is 19.1 Å².